The van der Waals surface area contributed by atoms with Crippen LogP contribution in [0.25, 0.3) is 0 Å². The van der Waals surface area contributed by atoms with E-state index in [0.29, 0.717) is 6.54 Å². The normalized spacial score (nSPS) is 16.7. The first-order valence-electron chi connectivity index (χ1n) is 7.83. The molecule has 0 saturated heterocycles. The SMILES string of the molecule is CC(C)CNC(=O)C(=O)NC1C(=O)N(C(C)C)c2ccccc21. The number of hydrogen-bond acceptors (Lipinski definition) is 3. The molecule has 1 unspecified atom stereocenters. The van der Waals surface area contributed by atoms with Gasteiger partial charge in [-0.2, -0.15) is 0 Å². The molecule has 6 nitrogen and oxygen atoms in total. The molecule has 2 rings (SSSR count). The van der Waals surface area contributed by atoms with E-state index in [0.717, 1.165) is 11.3 Å². The molecule has 0 fully saturated rings. The summed E-state index contributed by atoms with van der Waals surface area (Å²) in [5.74, 6) is -1.47. The van der Waals surface area contributed by atoms with E-state index in [2.05, 4.69) is 10.6 Å². The van der Waals surface area contributed by atoms with Gasteiger partial charge < -0.3 is 15.5 Å². The molecule has 1 aromatic carbocycles. The maximum absolute atomic E-state index is 12.6. The summed E-state index contributed by atoms with van der Waals surface area (Å²) in [4.78, 5) is 38.1. The van der Waals surface area contributed by atoms with Crippen LogP contribution in [0.3, 0.4) is 0 Å². The molecule has 6 heteroatoms. The first-order valence-corrected chi connectivity index (χ1v) is 7.83. The summed E-state index contributed by atoms with van der Waals surface area (Å²) in [7, 11) is 0. The van der Waals surface area contributed by atoms with Gasteiger partial charge in [-0.1, -0.05) is 32.0 Å². The van der Waals surface area contributed by atoms with Crippen molar-refractivity contribution in [2.24, 2.45) is 5.92 Å². The topological polar surface area (TPSA) is 78.5 Å². The number of amides is 3. The second-order valence-corrected chi connectivity index (χ2v) is 6.37. The number of fused-ring (bicyclic) bond motifs is 1. The zero-order valence-corrected chi connectivity index (χ0v) is 13.9. The molecule has 124 valence electrons. The molecule has 1 aliphatic rings. The molecule has 0 aromatic heterocycles. The first kappa shape index (κ1) is 17.0. The molecule has 1 atom stereocenters. The van der Waals surface area contributed by atoms with Crippen LogP contribution in [0, 0.1) is 5.92 Å². The van der Waals surface area contributed by atoms with Crippen molar-refractivity contribution in [2.75, 3.05) is 11.4 Å². The molecule has 1 aromatic rings. The maximum Gasteiger partial charge on any atom is 0.310 e. The Kier molecular flexibility index (Phi) is 5.03. The third kappa shape index (κ3) is 3.52. The second kappa shape index (κ2) is 6.81. The monoisotopic (exact) mass is 317 g/mol. The summed E-state index contributed by atoms with van der Waals surface area (Å²) in [5.41, 5.74) is 1.50. The zero-order chi connectivity index (χ0) is 17.1. The van der Waals surface area contributed by atoms with Crippen molar-refractivity contribution in [3.05, 3.63) is 29.8 Å². The van der Waals surface area contributed by atoms with E-state index >= 15 is 0 Å². The zero-order valence-electron chi connectivity index (χ0n) is 13.9. The molecule has 1 heterocycles. The predicted molar refractivity (Wildman–Crippen MR) is 87.8 cm³/mol. The smallest absolute Gasteiger partial charge is 0.310 e. The van der Waals surface area contributed by atoms with Crippen molar-refractivity contribution >= 4 is 23.4 Å². The Labute approximate surface area is 136 Å². The summed E-state index contributed by atoms with van der Waals surface area (Å²) in [5, 5.41) is 5.10. The van der Waals surface area contributed by atoms with Crippen LogP contribution in [-0.2, 0) is 14.4 Å². The van der Waals surface area contributed by atoms with Crippen molar-refractivity contribution in [3.8, 4) is 0 Å². The first-order chi connectivity index (χ1) is 10.8. The number of hydrogen-bond donors (Lipinski definition) is 2. The fourth-order valence-electron chi connectivity index (χ4n) is 2.59. The van der Waals surface area contributed by atoms with Gasteiger partial charge in [0.2, 0.25) is 0 Å². The fraction of sp³-hybridized carbons (Fsp3) is 0.471. The van der Waals surface area contributed by atoms with E-state index in [-0.39, 0.29) is 17.9 Å². The summed E-state index contributed by atoms with van der Waals surface area (Å²) < 4.78 is 0. The molecule has 0 bridgehead atoms. The highest BCUT2D eigenvalue weighted by Crippen LogP contribution is 2.36. The highest BCUT2D eigenvalue weighted by molar-refractivity contribution is 6.35. The second-order valence-electron chi connectivity index (χ2n) is 6.37. The lowest BCUT2D eigenvalue weighted by Crippen LogP contribution is -2.46. The largest absolute Gasteiger partial charge is 0.348 e. The Balaban J connectivity index is 2.15. The van der Waals surface area contributed by atoms with Crippen LogP contribution >= 0.6 is 0 Å². The number of rotatable bonds is 4. The molecular formula is C17H23N3O3. The molecule has 0 spiro atoms. The number of anilines is 1. The number of carbonyl (C=O) groups is 3. The number of benzene rings is 1. The molecule has 0 aliphatic carbocycles. The predicted octanol–water partition coefficient (Wildman–Crippen LogP) is 1.37. The highest BCUT2D eigenvalue weighted by atomic mass is 16.2. The fourth-order valence-corrected chi connectivity index (χ4v) is 2.59. The maximum atomic E-state index is 12.6. The summed E-state index contributed by atoms with van der Waals surface area (Å²) in [6, 6.07) is 6.46. The number of nitrogens with one attached hydrogen (secondary N) is 2. The van der Waals surface area contributed by atoms with E-state index < -0.39 is 17.9 Å². The van der Waals surface area contributed by atoms with E-state index in [1.807, 2.05) is 45.9 Å². The lowest BCUT2D eigenvalue weighted by molar-refractivity contribution is -0.140. The van der Waals surface area contributed by atoms with Crippen molar-refractivity contribution in [1.82, 2.24) is 10.6 Å². The Morgan fingerprint density at radius 1 is 1.13 bits per heavy atom. The van der Waals surface area contributed by atoms with Crippen LogP contribution in [0.15, 0.2) is 24.3 Å². The van der Waals surface area contributed by atoms with Crippen molar-refractivity contribution in [2.45, 2.75) is 39.8 Å². The Morgan fingerprint density at radius 2 is 1.78 bits per heavy atom. The Bertz CT molecular complexity index is 625. The summed E-state index contributed by atoms with van der Waals surface area (Å²) in [6.07, 6.45) is 0. The van der Waals surface area contributed by atoms with E-state index in [4.69, 9.17) is 0 Å². The average Bonchev–Trinajstić information content (AvgIpc) is 2.77. The molecule has 3 amide bonds. The van der Waals surface area contributed by atoms with Gasteiger partial charge in [0.15, 0.2) is 0 Å². The standard InChI is InChI=1S/C17H23N3O3/c1-10(2)9-18-15(21)16(22)19-14-12-7-5-6-8-13(12)20(11(3)4)17(14)23/h5-8,10-11,14H,9H2,1-4H3,(H,18,21)(H,19,22). The van der Waals surface area contributed by atoms with Crippen LogP contribution < -0.4 is 15.5 Å². The third-order valence-corrected chi connectivity index (χ3v) is 3.66. The summed E-state index contributed by atoms with van der Waals surface area (Å²) >= 11 is 0. The average molecular weight is 317 g/mol. The van der Waals surface area contributed by atoms with Crippen LogP contribution in [-0.4, -0.2) is 30.3 Å². The van der Waals surface area contributed by atoms with Crippen molar-refractivity contribution in [3.63, 3.8) is 0 Å². The number of nitrogens with zero attached hydrogens (tertiary/aromatic N) is 1. The lowest BCUT2D eigenvalue weighted by atomic mass is 10.1. The quantitative estimate of drug-likeness (QED) is 0.823. The van der Waals surface area contributed by atoms with Crippen LogP contribution in [0.2, 0.25) is 0 Å². The third-order valence-electron chi connectivity index (χ3n) is 3.66. The van der Waals surface area contributed by atoms with E-state index in [1.165, 1.54) is 0 Å². The van der Waals surface area contributed by atoms with E-state index in [1.54, 1.807) is 11.0 Å². The van der Waals surface area contributed by atoms with Gasteiger partial charge in [0.1, 0.15) is 6.04 Å². The minimum atomic E-state index is -0.814. The molecule has 0 radical (unpaired) electrons. The Morgan fingerprint density at radius 3 is 2.39 bits per heavy atom. The molecule has 0 saturated carbocycles. The Hall–Kier alpha value is -2.37. The summed E-state index contributed by atoms with van der Waals surface area (Å²) in [6.45, 7) is 8.12. The van der Waals surface area contributed by atoms with Gasteiger partial charge >= 0.3 is 11.8 Å². The van der Waals surface area contributed by atoms with Gasteiger partial charge in [-0.05, 0) is 25.8 Å². The lowest BCUT2D eigenvalue weighted by Gasteiger charge is -2.22. The van der Waals surface area contributed by atoms with E-state index in [9.17, 15) is 14.4 Å². The molecule has 23 heavy (non-hydrogen) atoms. The van der Waals surface area contributed by atoms with Crippen molar-refractivity contribution in [1.29, 1.82) is 0 Å². The number of para-hydroxylation sites is 1. The van der Waals surface area contributed by atoms with Gasteiger partial charge in [0.25, 0.3) is 5.91 Å². The minimum Gasteiger partial charge on any atom is -0.348 e. The van der Waals surface area contributed by atoms with Gasteiger partial charge in [-0.25, -0.2) is 0 Å². The van der Waals surface area contributed by atoms with Crippen molar-refractivity contribution < 1.29 is 14.4 Å². The molecular weight excluding hydrogens is 294 g/mol. The van der Waals surface area contributed by atoms with Crippen LogP contribution in [0.5, 0.6) is 0 Å². The van der Waals surface area contributed by atoms with Gasteiger partial charge in [-0.15, -0.1) is 0 Å². The van der Waals surface area contributed by atoms with Gasteiger partial charge in [-0.3, -0.25) is 14.4 Å². The van der Waals surface area contributed by atoms with Crippen LogP contribution in [0.1, 0.15) is 39.3 Å². The molecule has 2 N–H and O–H groups in total. The molecule has 1 aliphatic heterocycles. The minimum absolute atomic E-state index is 0.0275. The van der Waals surface area contributed by atoms with Gasteiger partial charge in [0.05, 0.1) is 0 Å². The van der Waals surface area contributed by atoms with Crippen LogP contribution in [0.4, 0.5) is 5.69 Å². The number of carbonyl (C=O) groups excluding carboxylic acids is 3. The highest BCUT2D eigenvalue weighted by Gasteiger charge is 2.39. The van der Waals surface area contributed by atoms with Gasteiger partial charge in [0, 0.05) is 23.8 Å².